The first-order chi connectivity index (χ1) is 9.38. The summed E-state index contributed by atoms with van der Waals surface area (Å²) in [5, 5.41) is 10.6. The van der Waals surface area contributed by atoms with Crippen molar-refractivity contribution in [1.82, 2.24) is 4.90 Å². The van der Waals surface area contributed by atoms with Gasteiger partial charge in [-0.25, -0.2) is 0 Å². The van der Waals surface area contributed by atoms with Crippen LogP contribution >= 0.6 is 11.6 Å². The van der Waals surface area contributed by atoms with Crippen molar-refractivity contribution in [2.45, 2.75) is 31.5 Å². The first-order valence-electron chi connectivity index (χ1n) is 7.03. The van der Waals surface area contributed by atoms with Gasteiger partial charge < -0.3 is 20.6 Å². The first kappa shape index (κ1) is 15.6. The summed E-state index contributed by atoms with van der Waals surface area (Å²) < 4.78 is 0. The molecule has 0 radical (unpaired) electrons. The minimum atomic E-state index is -0.271. The zero-order chi connectivity index (χ0) is 14.9. The number of hydrogen-bond acceptors (Lipinski definition) is 4. The zero-order valence-corrected chi connectivity index (χ0v) is 13.1. The standard InChI is InChI=1S/C15H24ClN3O/c1-10(17)14-5-4-11(7-15(14)16)19-9-13(20)6-12(19)8-18(2)3/h4-5,7,10,12-13,20H,6,8-9,17H2,1-3H3. The predicted octanol–water partition coefficient (Wildman–Crippen LogP) is 1.86. The van der Waals surface area contributed by atoms with E-state index in [2.05, 4.69) is 23.9 Å². The smallest absolute Gasteiger partial charge is 0.0735 e. The van der Waals surface area contributed by atoms with Gasteiger partial charge in [0.2, 0.25) is 0 Å². The summed E-state index contributed by atoms with van der Waals surface area (Å²) >= 11 is 6.31. The Morgan fingerprint density at radius 3 is 2.75 bits per heavy atom. The van der Waals surface area contributed by atoms with Gasteiger partial charge in [0.1, 0.15) is 0 Å². The number of anilines is 1. The molecule has 1 aromatic rings. The monoisotopic (exact) mass is 297 g/mol. The van der Waals surface area contributed by atoms with Crippen molar-refractivity contribution >= 4 is 17.3 Å². The van der Waals surface area contributed by atoms with Gasteiger partial charge in [-0.2, -0.15) is 0 Å². The molecule has 0 aromatic heterocycles. The van der Waals surface area contributed by atoms with Gasteiger partial charge in [0.05, 0.1) is 6.10 Å². The Hall–Kier alpha value is -0.810. The fourth-order valence-corrected chi connectivity index (χ4v) is 3.21. The third-order valence-corrected chi connectivity index (χ3v) is 4.10. The summed E-state index contributed by atoms with van der Waals surface area (Å²) in [5.41, 5.74) is 7.90. The van der Waals surface area contributed by atoms with Crippen molar-refractivity contribution < 1.29 is 5.11 Å². The van der Waals surface area contributed by atoms with E-state index in [1.165, 1.54) is 0 Å². The molecule has 0 aliphatic carbocycles. The Bertz CT molecular complexity index is 464. The van der Waals surface area contributed by atoms with Crippen LogP contribution in [-0.2, 0) is 0 Å². The molecule has 3 N–H and O–H groups in total. The molecule has 5 heteroatoms. The topological polar surface area (TPSA) is 52.7 Å². The second-order valence-electron chi connectivity index (χ2n) is 5.95. The Labute approximate surface area is 126 Å². The van der Waals surface area contributed by atoms with Gasteiger partial charge in [-0.05, 0) is 45.1 Å². The number of rotatable bonds is 4. The van der Waals surface area contributed by atoms with Crippen LogP contribution in [0.3, 0.4) is 0 Å². The molecule has 0 amide bonds. The molecule has 0 bridgehead atoms. The van der Waals surface area contributed by atoms with E-state index >= 15 is 0 Å². The van der Waals surface area contributed by atoms with Crippen molar-refractivity contribution in [3.63, 3.8) is 0 Å². The summed E-state index contributed by atoms with van der Waals surface area (Å²) in [4.78, 5) is 4.38. The SMILES string of the molecule is CC(N)c1ccc(N2CC(O)CC2CN(C)C)cc1Cl. The van der Waals surface area contributed by atoms with E-state index in [1.54, 1.807) is 0 Å². The van der Waals surface area contributed by atoms with Crippen molar-refractivity contribution in [2.75, 3.05) is 32.1 Å². The van der Waals surface area contributed by atoms with Gasteiger partial charge in [-0.1, -0.05) is 17.7 Å². The maximum Gasteiger partial charge on any atom is 0.0735 e. The van der Waals surface area contributed by atoms with Gasteiger partial charge in [0, 0.05) is 35.9 Å². The van der Waals surface area contributed by atoms with Crippen LogP contribution in [0.15, 0.2) is 18.2 Å². The van der Waals surface area contributed by atoms with Gasteiger partial charge in [0.15, 0.2) is 0 Å². The number of aliphatic hydroxyl groups is 1. The molecule has 1 aliphatic rings. The summed E-state index contributed by atoms with van der Waals surface area (Å²) in [6.07, 6.45) is 0.525. The first-order valence-corrected chi connectivity index (χ1v) is 7.40. The lowest BCUT2D eigenvalue weighted by Crippen LogP contribution is -2.37. The quantitative estimate of drug-likeness (QED) is 0.891. The second kappa shape index (κ2) is 6.31. The zero-order valence-electron chi connectivity index (χ0n) is 12.4. The van der Waals surface area contributed by atoms with Gasteiger partial charge in [0.25, 0.3) is 0 Å². The predicted molar refractivity (Wildman–Crippen MR) is 84.4 cm³/mol. The van der Waals surface area contributed by atoms with Crippen LogP contribution in [0.2, 0.25) is 5.02 Å². The summed E-state index contributed by atoms with van der Waals surface area (Å²) in [6, 6.07) is 6.24. The van der Waals surface area contributed by atoms with Crippen molar-refractivity contribution in [3.05, 3.63) is 28.8 Å². The molecular formula is C15H24ClN3O. The molecule has 1 heterocycles. The van der Waals surface area contributed by atoms with Crippen LogP contribution in [0.1, 0.15) is 24.9 Å². The molecule has 0 saturated carbocycles. The minimum Gasteiger partial charge on any atom is -0.391 e. The molecule has 1 saturated heterocycles. The number of nitrogens with zero attached hydrogens (tertiary/aromatic N) is 2. The van der Waals surface area contributed by atoms with E-state index in [-0.39, 0.29) is 12.1 Å². The fraction of sp³-hybridized carbons (Fsp3) is 0.600. The molecule has 20 heavy (non-hydrogen) atoms. The van der Waals surface area contributed by atoms with Gasteiger partial charge >= 0.3 is 0 Å². The number of nitrogens with two attached hydrogens (primary N) is 1. The number of aliphatic hydroxyl groups excluding tert-OH is 1. The van der Waals surface area contributed by atoms with Crippen LogP contribution in [0.25, 0.3) is 0 Å². The summed E-state index contributed by atoms with van der Waals surface area (Å²) in [6.45, 7) is 3.51. The average molecular weight is 298 g/mol. The van der Waals surface area contributed by atoms with E-state index in [1.807, 2.05) is 25.1 Å². The summed E-state index contributed by atoms with van der Waals surface area (Å²) in [5.74, 6) is 0. The van der Waals surface area contributed by atoms with Gasteiger partial charge in [-0.3, -0.25) is 0 Å². The van der Waals surface area contributed by atoms with Crippen LogP contribution in [0.4, 0.5) is 5.69 Å². The van der Waals surface area contributed by atoms with Crippen molar-refractivity contribution in [1.29, 1.82) is 0 Å². The average Bonchev–Trinajstić information content (AvgIpc) is 2.68. The number of benzene rings is 1. The maximum absolute atomic E-state index is 9.94. The number of hydrogen-bond donors (Lipinski definition) is 2. The number of likely N-dealkylation sites (N-methyl/N-ethyl adjacent to an activating group) is 1. The lowest BCUT2D eigenvalue weighted by Gasteiger charge is -2.29. The van der Waals surface area contributed by atoms with Crippen LogP contribution < -0.4 is 10.6 Å². The Kier molecular flexibility index (Phi) is 4.91. The molecule has 1 fully saturated rings. The molecule has 3 atom stereocenters. The Morgan fingerprint density at radius 2 is 2.20 bits per heavy atom. The lowest BCUT2D eigenvalue weighted by atomic mass is 10.1. The van der Waals surface area contributed by atoms with Crippen LogP contribution in [0.5, 0.6) is 0 Å². The summed E-state index contributed by atoms with van der Waals surface area (Å²) in [7, 11) is 4.10. The minimum absolute atomic E-state index is 0.0710. The fourth-order valence-electron chi connectivity index (χ4n) is 2.87. The highest BCUT2D eigenvalue weighted by Crippen LogP contribution is 2.31. The van der Waals surface area contributed by atoms with E-state index in [0.29, 0.717) is 17.6 Å². The third kappa shape index (κ3) is 3.44. The second-order valence-corrected chi connectivity index (χ2v) is 6.36. The molecule has 3 unspecified atom stereocenters. The number of β-amino-alcohol motifs (C(OH)–C–C–N with tert-alkyl or cyclic N) is 1. The maximum atomic E-state index is 9.94. The highest BCUT2D eigenvalue weighted by molar-refractivity contribution is 6.31. The molecule has 2 rings (SSSR count). The molecular weight excluding hydrogens is 274 g/mol. The largest absolute Gasteiger partial charge is 0.391 e. The molecule has 0 spiro atoms. The van der Waals surface area contributed by atoms with Crippen molar-refractivity contribution in [3.8, 4) is 0 Å². The van der Waals surface area contributed by atoms with E-state index < -0.39 is 0 Å². The molecule has 1 aromatic carbocycles. The Balaban J connectivity index is 2.23. The lowest BCUT2D eigenvalue weighted by molar-refractivity contribution is 0.191. The third-order valence-electron chi connectivity index (χ3n) is 3.77. The van der Waals surface area contributed by atoms with Gasteiger partial charge in [-0.15, -0.1) is 0 Å². The van der Waals surface area contributed by atoms with Crippen LogP contribution in [0, 0.1) is 0 Å². The normalized spacial score (nSPS) is 24.4. The van der Waals surface area contributed by atoms with Crippen LogP contribution in [-0.4, -0.2) is 49.3 Å². The highest BCUT2D eigenvalue weighted by atomic mass is 35.5. The Morgan fingerprint density at radius 1 is 1.50 bits per heavy atom. The van der Waals surface area contributed by atoms with E-state index in [9.17, 15) is 5.11 Å². The van der Waals surface area contributed by atoms with Crippen molar-refractivity contribution in [2.24, 2.45) is 5.73 Å². The molecule has 4 nitrogen and oxygen atoms in total. The number of halogens is 1. The van der Waals surface area contributed by atoms with E-state index in [0.717, 1.165) is 24.2 Å². The molecule has 1 aliphatic heterocycles. The highest BCUT2D eigenvalue weighted by Gasteiger charge is 2.31. The molecule has 112 valence electrons. The van der Waals surface area contributed by atoms with E-state index in [4.69, 9.17) is 17.3 Å².